The topological polar surface area (TPSA) is 68.9 Å². The third-order valence-electron chi connectivity index (χ3n) is 7.71. The molecule has 168 valence electrons. The Morgan fingerprint density at radius 2 is 2.09 bits per heavy atom. The number of nitrogens with one attached hydrogen (secondary N) is 2. The molecule has 4 aliphatic rings. The van der Waals surface area contributed by atoms with Crippen LogP contribution < -0.4 is 10.6 Å². The molecule has 1 aromatic heterocycles. The molecule has 0 amide bonds. The number of nitriles is 1. The van der Waals surface area contributed by atoms with Crippen LogP contribution in [-0.2, 0) is 7.05 Å². The lowest BCUT2D eigenvalue weighted by molar-refractivity contribution is 0.0303. The molecule has 1 aliphatic carbocycles. The van der Waals surface area contributed by atoms with E-state index in [-0.39, 0.29) is 0 Å². The first-order valence-electron chi connectivity index (χ1n) is 11.9. The number of fused-ring (bicyclic) bond motifs is 3. The summed E-state index contributed by atoms with van der Waals surface area (Å²) in [5, 5.41) is 21.2. The van der Waals surface area contributed by atoms with Crippen molar-refractivity contribution in [1.82, 2.24) is 20.0 Å². The predicted molar refractivity (Wildman–Crippen MR) is 131 cm³/mol. The van der Waals surface area contributed by atoms with Gasteiger partial charge in [0.05, 0.1) is 17.3 Å². The maximum Gasteiger partial charge on any atom is 0.170 e. The van der Waals surface area contributed by atoms with Crippen molar-refractivity contribution in [1.29, 1.82) is 5.26 Å². The summed E-state index contributed by atoms with van der Waals surface area (Å²) in [6.45, 7) is 3.14. The summed E-state index contributed by atoms with van der Waals surface area (Å²) < 4.78 is 2.17. The Morgan fingerprint density at radius 1 is 1.25 bits per heavy atom. The van der Waals surface area contributed by atoms with E-state index in [1.54, 1.807) is 6.07 Å². The van der Waals surface area contributed by atoms with E-state index < -0.39 is 0 Å². The van der Waals surface area contributed by atoms with Crippen LogP contribution in [-0.4, -0.2) is 45.5 Å². The van der Waals surface area contributed by atoms with Crippen molar-refractivity contribution in [2.75, 3.05) is 25.0 Å². The van der Waals surface area contributed by atoms with Gasteiger partial charge in [-0.25, -0.2) is 0 Å². The Balaban J connectivity index is 1.18. The Labute approximate surface area is 196 Å². The predicted octanol–water partition coefficient (Wildman–Crippen LogP) is 4.11. The molecule has 0 spiro atoms. The van der Waals surface area contributed by atoms with Crippen molar-refractivity contribution in [3.8, 4) is 6.07 Å². The fraction of sp³-hybridized carbons (Fsp3) is 0.560. The van der Waals surface area contributed by atoms with Gasteiger partial charge in [0.2, 0.25) is 0 Å². The summed E-state index contributed by atoms with van der Waals surface area (Å²) in [7, 11) is 2.13. The number of benzene rings is 1. The average molecular weight is 449 g/mol. The van der Waals surface area contributed by atoms with E-state index in [4.69, 9.17) is 22.6 Å². The summed E-state index contributed by atoms with van der Waals surface area (Å²) in [5.74, 6) is 1.98. The van der Waals surface area contributed by atoms with E-state index >= 15 is 0 Å². The van der Waals surface area contributed by atoms with Crippen molar-refractivity contribution in [3.05, 3.63) is 47.3 Å². The van der Waals surface area contributed by atoms with Gasteiger partial charge >= 0.3 is 0 Å². The Hall–Kier alpha value is -2.43. The molecule has 0 radical (unpaired) electrons. The number of aromatic nitrogens is 2. The molecule has 2 N–H and O–H groups in total. The lowest BCUT2D eigenvalue weighted by atomic mass is 9.74. The number of thiocarbonyl (C=S) groups is 1. The van der Waals surface area contributed by atoms with Gasteiger partial charge in [-0.05, 0) is 74.6 Å². The minimum absolute atomic E-state index is 0.512. The zero-order chi connectivity index (χ0) is 22.1. The molecular formula is C25H32N6S. The molecule has 4 atom stereocenters. The Kier molecular flexibility index (Phi) is 6.16. The third kappa shape index (κ3) is 4.39. The zero-order valence-electron chi connectivity index (χ0n) is 18.8. The molecule has 1 unspecified atom stereocenters. The molecular weight excluding hydrogens is 416 g/mol. The van der Waals surface area contributed by atoms with Crippen LogP contribution in [0.4, 0.5) is 5.69 Å². The van der Waals surface area contributed by atoms with Gasteiger partial charge in [0.25, 0.3) is 0 Å². The van der Waals surface area contributed by atoms with E-state index in [2.05, 4.69) is 39.4 Å². The summed E-state index contributed by atoms with van der Waals surface area (Å²) in [6, 6.07) is 12.5. The standard InChI is InChI=1S/C25H32N6S/c1-30-24(13-23(29-30)18-6-2-3-7-18)22-16-31-10-9-19(22)12-21(31)15-27-25(32)28-20-8-4-5-17(11-20)14-26/h4-5,8,11,13,18-19,21-22H,2-3,6-7,9-10,12,15-16H2,1H3,(H2,27,28,32)/t19-,21+,22-/m0/s1. The largest absolute Gasteiger partial charge is 0.361 e. The second-order valence-corrected chi connectivity index (χ2v) is 10.1. The van der Waals surface area contributed by atoms with Crippen LogP contribution in [0.5, 0.6) is 0 Å². The van der Waals surface area contributed by atoms with Gasteiger partial charge in [-0.15, -0.1) is 0 Å². The van der Waals surface area contributed by atoms with Crippen LogP contribution in [0, 0.1) is 17.2 Å². The van der Waals surface area contributed by atoms with E-state index in [0.29, 0.717) is 34.5 Å². The third-order valence-corrected chi connectivity index (χ3v) is 7.96. The summed E-state index contributed by atoms with van der Waals surface area (Å²) >= 11 is 5.51. The first kappa shape index (κ1) is 21.4. The monoisotopic (exact) mass is 448 g/mol. The lowest BCUT2D eigenvalue weighted by Gasteiger charge is -2.50. The molecule has 1 aromatic carbocycles. The number of nitrogens with zero attached hydrogens (tertiary/aromatic N) is 4. The maximum atomic E-state index is 9.07. The van der Waals surface area contributed by atoms with E-state index in [1.807, 2.05) is 18.2 Å². The number of hydrogen-bond acceptors (Lipinski definition) is 4. The highest BCUT2D eigenvalue weighted by Gasteiger charge is 2.42. The molecule has 7 heteroatoms. The molecule has 4 heterocycles. The molecule has 6 rings (SSSR count). The van der Waals surface area contributed by atoms with Crippen molar-refractivity contribution in [2.45, 2.75) is 56.4 Å². The highest BCUT2D eigenvalue weighted by Crippen LogP contribution is 2.43. The minimum Gasteiger partial charge on any atom is -0.361 e. The highest BCUT2D eigenvalue weighted by atomic mass is 32.1. The summed E-state index contributed by atoms with van der Waals surface area (Å²) in [4.78, 5) is 2.64. The first-order chi connectivity index (χ1) is 15.6. The lowest BCUT2D eigenvalue weighted by Crippen LogP contribution is -2.56. The fourth-order valence-electron chi connectivity index (χ4n) is 6.01. The summed E-state index contributed by atoms with van der Waals surface area (Å²) in [6.07, 6.45) is 7.79. The van der Waals surface area contributed by atoms with Crippen molar-refractivity contribution < 1.29 is 0 Å². The van der Waals surface area contributed by atoms with Crippen LogP contribution >= 0.6 is 12.2 Å². The van der Waals surface area contributed by atoms with Crippen LogP contribution in [0.15, 0.2) is 30.3 Å². The molecule has 6 nitrogen and oxygen atoms in total. The van der Waals surface area contributed by atoms with E-state index in [1.165, 1.54) is 56.5 Å². The van der Waals surface area contributed by atoms with Crippen molar-refractivity contribution >= 4 is 23.0 Å². The quantitative estimate of drug-likeness (QED) is 0.671. The van der Waals surface area contributed by atoms with E-state index in [9.17, 15) is 0 Å². The molecule has 1 saturated carbocycles. The minimum atomic E-state index is 0.512. The molecule has 3 aliphatic heterocycles. The molecule has 2 bridgehead atoms. The smallest absolute Gasteiger partial charge is 0.170 e. The highest BCUT2D eigenvalue weighted by molar-refractivity contribution is 7.80. The van der Waals surface area contributed by atoms with Gasteiger partial charge < -0.3 is 10.6 Å². The molecule has 2 aromatic rings. The Morgan fingerprint density at radius 3 is 2.84 bits per heavy atom. The second-order valence-electron chi connectivity index (χ2n) is 9.67. The normalized spacial score (nSPS) is 27.2. The van der Waals surface area contributed by atoms with Gasteiger partial charge in [-0.3, -0.25) is 9.58 Å². The van der Waals surface area contributed by atoms with Gasteiger partial charge in [-0.1, -0.05) is 18.9 Å². The molecule has 4 fully saturated rings. The number of aryl methyl sites for hydroxylation is 1. The van der Waals surface area contributed by atoms with Crippen LogP contribution in [0.1, 0.15) is 67.3 Å². The number of rotatable bonds is 5. The fourth-order valence-corrected chi connectivity index (χ4v) is 6.21. The number of piperidine rings is 3. The first-order valence-corrected chi connectivity index (χ1v) is 12.3. The van der Waals surface area contributed by atoms with E-state index in [0.717, 1.165) is 18.8 Å². The molecule has 3 saturated heterocycles. The van der Waals surface area contributed by atoms with Crippen molar-refractivity contribution in [3.63, 3.8) is 0 Å². The zero-order valence-corrected chi connectivity index (χ0v) is 19.6. The SMILES string of the molecule is Cn1nc(C2CCCC2)cc1[C@H]1CN2CC[C@H]1C[C@@H]2CNC(=S)Nc1cccc(C#N)c1. The van der Waals surface area contributed by atoms with Gasteiger partial charge in [-0.2, -0.15) is 10.4 Å². The average Bonchev–Trinajstić information content (AvgIpc) is 3.48. The van der Waals surface area contributed by atoms with Crippen LogP contribution in [0.3, 0.4) is 0 Å². The molecule has 32 heavy (non-hydrogen) atoms. The van der Waals surface area contributed by atoms with Gasteiger partial charge in [0.15, 0.2) is 5.11 Å². The van der Waals surface area contributed by atoms with Crippen LogP contribution in [0.2, 0.25) is 0 Å². The number of hydrogen-bond donors (Lipinski definition) is 2. The Bertz CT molecular complexity index is 1020. The van der Waals surface area contributed by atoms with Crippen LogP contribution in [0.25, 0.3) is 0 Å². The van der Waals surface area contributed by atoms with Gasteiger partial charge in [0, 0.05) is 49.4 Å². The number of anilines is 1. The second kappa shape index (κ2) is 9.21. The summed E-state index contributed by atoms with van der Waals surface area (Å²) in [5.41, 5.74) is 4.24. The van der Waals surface area contributed by atoms with Gasteiger partial charge in [0.1, 0.15) is 0 Å². The van der Waals surface area contributed by atoms with Crippen molar-refractivity contribution in [2.24, 2.45) is 13.0 Å². The maximum absolute atomic E-state index is 9.07.